The molecule has 0 aliphatic carbocycles. The van der Waals surface area contributed by atoms with E-state index in [1.807, 2.05) is 6.08 Å². The summed E-state index contributed by atoms with van der Waals surface area (Å²) in [6.07, 6.45) is 28.4. The average molecular weight is 756 g/mol. The van der Waals surface area contributed by atoms with Gasteiger partial charge in [-0.15, -0.1) is 0 Å². The van der Waals surface area contributed by atoms with Crippen molar-refractivity contribution in [2.24, 2.45) is 0 Å². The third-order valence-corrected chi connectivity index (χ3v) is 10.4. The van der Waals surface area contributed by atoms with Crippen molar-refractivity contribution in [1.29, 1.82) is 0 Å². The van der Waals surface area contributed by atoms with Gasteiger partial charge in [-0.2, -0.15) is 0 Å². The van der Waals surface area contributed by atoms with Gasteiger partial charge in [0.1, 0.15) is 30.5 Å². The van der Waals surface area contributed by atoms with Crippen LogP contribution in [0.3, 0.4) is 0 Å². The fourth-order valence-electron chi connectivity index (χ4n) is 6.77. The summed E-state index contributed by atoms with van der Waals surface area (Å²) >= 11 is 0. The molecule has 1 aliphatic rings. The predicted molar refractivity (Wildman–Crippen MR) is 213 cm³/mol. The van der Waals surface area contributed by atoms with Crippen molar-refractivity contribution in [2.75, 3.05) is 13.2 Å². The Morgan fingerprint density at radius 3 is 1.64 bits per heavy atom. The molecule has 10 nitrogen and oxygen atoms in total. The van der Waals surface area contributed by atoms with Crippen LogP contribution in [0.1, 0.15) is 181 Å². The van der Waals surface area contributed by atoms with Gasteiger partial charge in [0.2, 0.25) is 5.91 Å². The second kappa shape index (κ2) is 33.9. The standard InChI is InChI=1S/C43H81NO9/c1-3-5-7-9-11-13-15-17-18-19-20-22-23-25-27-29-31-36(46)35(34-52-43-41(50)40(49)39(48)38(33-45)53-43)44-42(51)37(47)32-30-28-26-24-21-16-14-12-10-8-6-4-2/h22-23,29,31,35-41,43,45-50H,3-21,24-28,30,32-34H2,1-2H3,(H,44,51)/b23-22+,31-29+. The van der Waals surface area contributed by atoms with Gasteiger partial charge in [-0.05, 0) is 32.1 Å². The number of carbonyl (C=O) groups is 1. The van der Waals surface area contributed by atoms with Crippen molar-refractivity contribution in [3.8, 4) is 0 Å². The summed E-state index contributed by atoms with van der Waals surface area (Å²) in [5, 5.41) is 64.4. The van der Waals surface area contributed by atoms with Gasteiger partial charge in [0.15, 0.2) is 6.29 Å². The topological polar surface area (TPSA) is 169 Å². The average Bonchev–Trinajstić information content (AvgIpc) is 3.16. The predicted octanol–water partition coefficient (Wildman–Crippen LogP) is 7.30. The van der Waals surface area contributed by atoms with E-state index in [4.69, 9.17) is 9.47 Å². The number of nitrogens with one attached hydrogen (secondary N) is 1. The lowest BCUT2D eigenvalue weighted by molar-refractivity contribution is -0.302. The highest BCUT2D eigenvalue weighted by Gasteiger charge is 2.44. The Bertz CT molecular complexity index is 901. The highest BCUT2D eigenvalue weighted by Crippen LogP contribution is 2.22. The van der Waals surface area contributed by atoms with Gasteiger partial charge in [0.05, 0.1) is 25.4 Å². The molecular weight excluding hydrogens is 674 g/mol. The lowest BCUT2D eigenvalue weighted by Crippen LogP contribution is -2.60. The molecule has 1 heterocycles. The highest BCUT2D eigenvalue weighted by molar-refractivity contribution is 5.80. The molecule has 0 aromatic carbocycles. The third-order valence-electron chi connectivity index (χ3n) is 10.4. The minimum atomic E-state index is -1.61. The first-order valence-corrected chi connectivity index (χ1v) is 21.7. The summed E-state index contributed by atoms with van der Waals surface area (Å²) in [6.45, 7) is 3.57. The zero-order valence-corrected chi connectivity index (χ0v) is 33.6. The van der Waals surface area contributed by atoms with E-state index in [0.29, 0.717) is 19.3 Å². The molecule has 0 saturated carbocycles. The Morgan fingerprint density at radius 1 is 0.642 bits per heavy atom. The Balaban J connectivity index is 2.49. The molecule has 8 unspecified atom stereocenters. The monoisotopic (exact) mass is 756 g/mol. The first kappa shape index (κ1) is 49.6. The molecule has 0 spiro atoms. The Kier molecular flexibility index (Phi) is 31.8. The first-order valence-electron chi connectivity index (χ1n) is 21.7. The van der Waals surface area contributed by atoms with Crippen LogP contribution in [-0.4, -0.2) is 98.7 Å². The smallest absolute Gasteiger partial charge is 0.249 e. The van der Waals surface area contributed by atoms with Crippen molar-refractivity contribution in [2.45, 2.75) is 230 Å². The lowest BCUT2D eigenvalue weighted by Gasteiger charge is -2.40. The largest absolute Gasteiger partial charge is 0.394 e. The molecule has 53 heavy (non-hydrogen) atoms. The lowest BCUT2D eigenvalue weighted by atomic mass is 9.99. The highest BCUT2D eigenvalue weighted by atomic mass is 16.7. The van der Waals surface area contributed by atoms with Crippen LogP contribution < -0.4 is 5.32 Å². The van der Waals surface area contributed by atoms with Gasteiger partial charge >= 0.3 is 0 Å². The van der Waals surface area contributed by atoms with Crippen LogP contribution in [0.2, 0.25) is 0 Å². The van der Waals surface area contributed by atoms with E-state index in [0.717, 1.165) is 32.1 Å². The molecule has 0 radical (unpaired) electrons. The van der Waals surface area contributed by atoms with E-state index in [2.05, 4.69) is 31.3 Å². The van der Waals surface area contributed by atoms with Gasteiger partial charge in [-0.3, -0.25) is 4.79 Å². The van der Waals surface area contributed by atoms with Crippen LogP contribution in [0.15, 0.2) is 24.3 Å². The molecule has 312 valence electrons. The molecule has 1 rings (SSSR count). The molecule has 7 N–H and O–H groups in total. The number of aliphatic hydroxyl groups excluding tert-OH is 6. The second-order valence-corrected chi connectivity index (χ2v) is 15.3. The van der Waals surface area contributed by atoms with E-state index in [-0.39, 0.29) is 6.61 Å². The first-order chi connectivity index (χ1) is 25.8. The number of unbranched alkanes of at least 4 members (excludes halogenated alkanes) is 22. The summed E-state index contributed by atoms with van der Waals surface area (Å²) in [6, 6.07) is -0.991. The van der Waals surface area contributed by atoms with Crippen LogP contribution in [-0.2, 0) is 14.3 Å². The van der Waals surface area contributed by atoms with Gasteiger partial charge in [-0.25, -0.2) is 0 Å². The van der Waals surface area contributed by atoms with E-state index in [1.54, 1.807) is 6.08 Å². The molecule has 10 heteroatoms. The summed E-state index contributed by atoms with van der Waals surface area (Å²) in [5.74, 6) is -0.627. The molecule has 1 amide bonds. The van der Waals surface area contributed by atoms with Crippen molar-refractivity contribution in [1.82, 2.24) is 5.32 Å². The second-order valence-electron chi connectivity index (χ2n) is 15.3. The fourth-order valence-corrected chi connectivity index (χ4v) is 6.77. The SMILES string of the molecule is CCCCCCCCCCCC/C=C/CC/C=C/C(O)C(COC1OC(CO)C(O)C(O)C1O)NC(=O)C(O)CCCCCCCCCCCCCC. The maximum Gasteiger partial charge on any atom is 0.249 e. The number of aliphatic hydroxyl groups is 6. The number of carbonyl (C=O) groups excluding carboxylic acids is 1. The number of ether oxygens (including phenoxy) is 2. The molecule has 0 aromatic rings. The van der Waals surface area contributed by atoms with Crippen LogP contribution in [0.5, 0.6) is 0 Å². The zero-order valence-electron chi connectivity index (χ0n) is 33.6. The number of hydrogen-bond acceptors (Lipinski definition) is 9. The van der Waals surface area contributed by atoms with Crippen molar-refractivity contribution < 1.29 is 44.9 Å². The summed E-state index contributed by atoms with van der Waals surface area (Å²) in [4.78, 5) is 13.0. The summed E-state index contributed by atoms with van der Waals surface area (Å²) < 4.78 is 11.1. The van der Waals surface area contributed by atoms with E-state index in [9.17, 15) is 35.4 Å². The molecule has 8 atom stereocenters. The van der Waals surface area contributed by atoms with Crippen LogP contribution in [0, 0.1) is 0 Å². The van der Waals surface area contributed by atoms with Gasteiger partial charge in [0.25, 0.3) is 0 Å². The van der Waals surface area contributed by atoms with Crippen molar-refractivity contribution in [3.63, 3.8) is 0 Å². The van der Waals surface area contributed by atoms with Gasteiger partial charge in [-0.1, -0.05) is 173 Å². The zero-order chi connectivity index (χ0) is 38.9. The third kappa shape index (κ3) is 24.7. The quantitative estimate of drug-likeness (QED) is 0.0259. The van der Waals surface area contributed by atoms with E-state index < -0.39 is 61.5 Å². The summed E-state index contributed by atoms with van der Waals surface area (Å²) in [7, 11) is 0. The normalized spacial score (nSPS) is 22.5. The molecule has 0 bridgehead atoms. The van der Waals surface area contributed by atoms with Gasteiger partial charge in [0, 0.05) is 0 Å². The van der Waals surface area contributed by atoms with Crippen molar-refractivity contribution in [3.05, 3.63) is 24.3 Å². The molecule has 1 fully saturated rings. The number of amides is 1. The Morgan fingerprint density at radius 2 is 1.11 bits per heavy atom. The Labute approximate surface area is 322 Å². The fraction of sp³-hybridized carbons (Fsp3) is 0.884. The number of rotatable bonds is 35. The maximum atomic E-state index is 13.0. The summed E-state index contributed by atoms with van der Waals surface area (Å²) in [5.41, 5.74) is 0. The molecule has 1 aliphatic heterocycles. The van der Waals surface area contributed by atoms with Gasteiger partial charge < -0.3 is 45.4 Å². The van der Waals surface area contributed by atoms with Crippen molar-refractivity contribution >= 4 is 5.91 Å². The number of hydrogen-bond donors (Lipinski definition) is 7. The maximum absolute atomic E-state index is 13.0. The van der Waals surface area contributed by atoms with Crippen LogP contribution in [0.25, 0.3) is 0 Å². The van der Waals surface area contributed by atoms with Crippen LogP contribution >= 0.6 is 0 Å². The molecular formula is C43H81NO9. The molecule has 1 saturated heterocycles. The van der Waals surface area contributed by atoms with E-state index >= 15 is 0 Å². The Hall–Kier alpha value is -1.37. The number of allylic oxidation sites excluding steroid dienone is 3. The van der Waals surface area contributed by atoms with Crippen LogP contribution in [0.4, 0.5) is 0 Å². The minimum Gasteiger partial charge on any atom is -0.394 e. The van der Waals surface area contributed by atoms with E-state index in [1.165, 1.54) is 116 Å². The molecule has 0 aromatic heterocycles. The minimum absolute atomic E-state index is 0.306.